The summed E-state index contributed by atoms with van der Waals surface area (Å²) in [4.78, 5) is 25.4. The fourth-order valence-corrected chi connectivity index (χ4v) is 5.27. The molecule has 4 rings (SSSR count). The number of thioether (sulfide) groups is 1. The summed E-state index contributed by atoms with van der Waals surface area (Å²) >= 11 is 2.97. The monoisotopic (exact) mass is 407 g/mol. The molecule has 0 aliphatic carbocycles. The number of carbonyl (C=O) groups is 1. The minimum Gasteiger partial charge on any atom is -0.379 e. The number of ether oxygens (including phenoxy) is 1. The third-order valence-corrected chi connectivity index (χ3v) is 6.66. The molecule has 27 heavy (non-hydrogen) atoms. The van der Waals surface area contributed by atoms with Gasteiger partial charge >= 0.3 is 0 Å². The number of hydrogen-bond donors (Lipinski definition) is 2. The standard InChI is InChI=1S/C17H18FN5O2S2/c1-9-4-10-6-27-16(19)23-17(10,8-25-9)15-22-13(7-26-15)21-14(24)12-3-2-11(18)5-20-12/h2-3,5,7,9-10H,4,6,8H2,1H3,(H2,19,23)(H,21,24). The van der Waals surface area contributed by atoms with Gasteiger partial charge in [0, 0.05) is 17.1 Å². The lowest BCUT2D eigenvalue weighted by Gasteiger charge is -2.44. The first-order valence-electron chi connectivity index (χ1n) is 8.45. The molecule has 0 radical (unpaired) electrons. The van der Waals surface area contributed by atoms with Crippen molar-refractivity contribution in [1.82, 2.24) is 9.97 Å². The zero-order valence-electron chi connectivity index (χ0n) is 14.5. The predicted molar refractivity (Wildman–Crippen MR) is 104 cm³/mol. The van der Waals surface area contributed by atoms with Crippen LogP contribution in [0.5, 0.6) is 0 Å². The van der Waals surface area contributed by atoms with Gasteiger partial charge in [-0.05, 0) is 25.5 Å². The zero-order chi connectivity index (χ0) is 19.0. The van der Waals surface area contributed by atoms with Gasteiger partial charge in [0.2, 0.25) is 0 Å². The van der Waals surface area contributed by atoms with E-state index < -0.39 is 17.3 Å². The van der Waals surface area contributed by atoms with Crippen LogP contribution < -0.4 is 11.1 Å². The van der Waals surface area contributed by atoms with E-state index in [0.717, 1.165) is 23.4 Å². The van der Waals surface area contributed by atoms with E-state index in [-0.39, 0.29) is 17.7 Å². The second-order valence-electron chi connectivity index (χ2n) is 6.59. The van der Waals surface area contributed by atoms with Gasteiger partial charge in [0.15, 0.2) is 5.17 Å². The molecular weight excluding hydrogens is 389 g/mol. The molecule has 3 atom stereocenters. The number of anilines is 1. The van der Waals surface area contributed by atoms with Gasteiger partial charge in [-0.3, -0.25) is 4.79 Å². The number of fused-ring (bicyclic) bond motifs is 1. The summed E-state index contributed by atoms with van der Waals surface area (Å²) in [7, 11) is 0. The number of nitrogens with zero attached hydrogens (tertiary/aromatic N) is 3. The van der Waals surface area contributed by atoms with Gasteiger partial charge in [0.1, 0.15) is 27.9 Å². The molecule has 0 bridgehead atoms. The Morgan fingerprint density at radius 1 is 1.48 bits per heavy atom. The van der Waals surface area contributed by atoms with Crippen molar-refractivity contribution >= 4 is 40.0 Å². The van der Waals surface area contributed by atoms with Crippen molar-refractivity contribution in [3.8, 4) is 0 Å². The van der Waals surface area contributed by atoms with Crippen LogP contribution in [-0.4, -0.2) is 39.5 Å². The van der Waals surface area contributed by atoms with Crippen molar-refractivity contribution in [3.05, 3.63) is 40.2 Å². The van der Waals surface area contributed by atoms with E-state index >= 15 is 0 Å². The van der Waals surface area contributed by atoms with Crippen LogP contribution in [0.2, 0.25) is 0 Å². The van der Waals surface area contributed by atoms with Crippen molar-refractivity contribution in [2.75, 3.05) is 17.7 Å². The first-order valence-corrected chi connectivity index (χ1v) is 10.3. The summed E-state index contributed by atoms with van der Waals surface area (Å²) in [5.74, 6) is 0.599. The van der Waals surface area contributed by atoms with Crippen molar-refractivity contribution < 1.29 is 13.9 Å². The number of halogens is 1. The van der Waals surface area contributed by atoms with Crippen LogP contribution in [0.15, 0.2) is 28.7 Å². The van der Waals surface area contributed by atoms with E-state index in [1.54, 1.807) is 17.1 Å². The highest BCUT2D eigenvalue weighted by molar-refractivity contribution is 8.13. The summed E-state index contributed by atoms with van der Waals surface area (Å²) < 4.78 is 18.8. The first-order chi connectivity index (χ1) is 13.0. The average Bonchev–Trinajstić information content (AvgIpc) is 3.11. The lowest BCUT2D eigenvalue weighted by molar-refractivity contribution is -0.0466. The molecule has 0 spiro atoms. The van der Waals surface area contributed by atoms with Gasteiger partial charge in [-0.25, -0.2) is 19.4 Å². The topological polar surface area (TPSA) is 102 Å². The Kier molecular flexibility index (Phi) is 4.87. The van der Waals surface area contributed by atoms with Crippen LogP contribution in [0.25, 0.3) is 0 Å². The first kappa shape index (κ1) is 18.3. The second-order valence-corrected chi connectivity index (χ2v) is 8.49. The molecule has 142 valence electrons. The van der Waals surface area contributed by atoms with Gasteiger partial charge in [-0.15, -0.1) is 11.3 Å². The maximum Gasteiger partial charge on any atom is 0.275 e. The summed E-state index contributed by atoms with van der Waals surface area (Å²) in [6.07, 6.45) is 2.05. The summed E-state index contributed by atoms with van der Waals surface area (Å²) in [5, 5.41) is 5.75. The lowest BCUT2D eigenvalue weighted by atomic mass is 9.80. The molecule has 2 aliphatic heterocycles. The predicted octanol–water partition coefficient (Wildman–Crippen LogP) is 2.61. The minimum absolute atomic E-state index is 0.119. The molecule has 3 unspecified atom stereocenters. The van der Waals surface area contributed by atoms with Gasteiger partial charge < -0.3 is 15.8 Å². The number of nitrogens with two attached hydrogens (primary N) is 1. The molecule has 3 N–H and O–H groups in total. The Labute approximate surface area is 163 Å². The lowest BCUT2D eigenvalue weighted by Crippen LogP contribution is -2.49. The number of amides is 1. The third-order valence-electron chi connectivity index (χ3n) is 4.70. The Balaban J connectivity index is 1.58. The van der Waals surface area contributed by atoms with Crippen molar-refractivity contribution in [3.63, 3.8) is 0 Å². The van der Waals surface area contributed by atoms with Crippen molar-refractivity contribution in [2.24, 2.45) is 16.6 Å². The summed E-state index contributed by atoms with van der Waals surface area (Å²) in [5.41, 5.74) is 5.51. The molecule has 2 aromatic heterocycles. The molecule has 2 aliphatic rings. The maximum absolute atomic E-state index is 13.0. The molecule has 0 saturated carbocycles. The normalized spacial score (nSPS) is 27.6. The van der Waals surface area contributed by atoms with Gasteiger partial charge in [-0.1, -0.05) is 11.8 Å². The Hall–Kier alpha value is -2.04. The molecule has 10 heteroatoms. The van der Waals surface area contributed by atoms with E-state index in [1.807, 2.05) is 0 Å². The van der Waals surface area contributed by atoms with E-state index in [9.17, 15) is 9.18 Å². The quantitative estimate of drug-likeness (QED) is 0.811. The fraction of sp³-hybridized carbons (Fsp3) is 0.412. The Morgan fingerprint density at radius 2 is 2.33 bits per heavy atom. The number of rotatable bonds is 3. The van der Waals surface area contributed by atoms with Crippen LogP contribution >= 0.6 is 23.1 Å². The van der Waals surface area contributed by atoms with Gasteiger partial charge in [-0.2, -0.15) is 0 Å². The SMILES string of the molecule is CC1CC2CSC(N)=NC2(c2nc(NC(=O)c3ccc(F)cn3)cs2)CO1. The van der Waals surface area contributed by atoms with E-state index in [1.165, 1.54) is 23.5 Å². The van der Waals surface area contributed by atoms with Gasteiger partial charge in [0.05, 0.1) is 18.9 Å². The third kappa shape index (κ3) is 3.56. The summed E-state index contributed by atoms with van der Waals surface area (Å²) in [6, 6.07) is 2.52. The van der Waals surface area contributed by atoms with E-state index in [4.69, 9.17) is 15.5 Å². The highest BCUT2D eigenvalue weighted by Gasteiger charge is 2.49. The van der Waals surface area contributed by atoms with Crippen molar-refractivity contribution in [2.45, 2.75) is 25.0 Å². The molecule has 1 fully saturated rings. The zero-order valence-corrected chi connectivity index (χ0v) is 16.1. The number of nitrogens with one attached hydrogen (secondary N) is 1. The molecule has 7 nitrogen and oxygen atoms in total. The number of carbonyl (C=O) groups excluding carboxylic acids is 1. The van der Waals surface area contributed by atoms with Crippen LogP contribution in [0.4, 0.5) is 10.2 Å². The van der Waals surface area contributed by atoms with Gasteiger partial charge in [0.25, 0.3) is 5.91 Å². The highest BCUT2D eigenvalue weighted by atomic mass is 32.2. The molecule has 0 aromatic carbocycles. The van der Waals surface area contributed by atoms with E-state index in [2.05, 4.69) is 22.2 Å². The largest absolute Gasteiger partial charge is 0.379 e. The fourth-order valence-electron chi connectivity index (χ4n) is 3.30. The molecular formula is C17H18FN5O2S2. The Morgan fingerprint density at radius 3 is 3.11 bits per heavy atom. The van der Waals surface area contributed by atoms with Crippen molar-refractivity contribution in [1.29, 1.82) is 0 Å². The highest BCUT2D eigenvalue weighted by Crippen LogP contribution is 2.46. The molecule has 1 saturated heterocycles. The Bertz CT molecular complexity index is 888. The number of thiazole rings is 1. The van der Waals surface area contributed by atoms with Crippen LogP contribution in [0.3, 0.4) is 0 Å². The summed E-state index contributed by atoms with van der Waals surface area (Å²) in [6.45, 7) is 2.47. The smallest absolute Gasteiger partial charge is 0.275 e. The average molecular weight is 407 g/mol. The molecule has 2 aromatic rings. The van der Waals surface area contributed by atoms with Crippen LogP contribution in [0.1, 0.15) is 28.8 Å². The van der Waals surface area contributed by atoms with Crippen LogP contribution in [-0.2, 0) is 10.3 Å². The maximum atomic E-state index is 13.0. The molecule has 1 amide bonds. The number of aromatic nitrogens is 2. The minimum atomic E-state index is -0.608. The number of amidine groups is 1. The van der Waals surface area contributed by atoms with E-state index in [0.29, 0.717) is 17.6 Å². The van der Waals surface area contributed by atoms with Crippen LogP contribution in [0, 0.1) is 11.7 Å². The number of aliphatic imine (C=N–C) groups is 1. The molecule has 4 heterocycles. The second kappa shape index (κ2) is 7.17. The number of pyridine rings is 1. The number of hydrogen-bond acceptors (Lipinski definition) is 8.